The van der Waals surface area contributed by atoms with Crippen molar-refractivity contribution in [2.45, 2.75) is 30.7 Å². The number of hydrogen-bond donors (Lipinski definition) is 0. The first-order chi connectivity index (χ1) is 18.3. The van der Waals surface area contributed by atoms with Gasteiger partial charge in [0, 0.05) is 18.7 Å². The minimum absolute atomic E-state index is 0.0464. The van der Waals surface area contributed by atoms with E-state index in [9.17, 15) is 18.0 Å². The maximum atomic E-state index is 13.3. The lowest BCUT2D eigenvalue weighted by atomic mass is 10.2. The summed E-state index contributed by atoms with van der Waals surface area (Å²) in [6.07, 6.45) is 0.722. The Balaban J connectivity index is 1.39. The second-order valence-corrected chi connectivity index (χ2v) is 11.1. The molecule has 200 valence electrons. The number of benzene rings is 2. The summed E-state index contributed by atoms with van der Waals surface area (Å²) >= 11 is 5.32. The first-order valence-corrected chi connectivity index (χ1v) is 14.0. The molecule has 2 aliphatic rings. The fourth-order valence-corrected chi connectivity index (χ4v) is 6.02. The van der Waals surface area contributed by atoms with Crippen molar-refractivity contribution in [2.24, 2.45) is 0 Å². The van der Waals surface area contributed by atoms with Gasteiger partial charge in [-0.25, -0.2) is 18.0 Å². The standard InChI is InChI=1S/C25H26N4O7S2/c1-2-12-35-19-8-6-18(7-9-19)28-22(30)16-21(24(28)31)29-25(37)36-23(26-29)17-4-3-5-20(15-17)38(32,33)27-10-13-34-14-11-27/h3-9,15,21H,2,10-14,16H2,1H3/t21-/m1/s1. The molecule has 0 N–H and O–H groups in total. The average Bonchev–Trinajstić information content (AvgIpc) is 3.46. The van der Waals surface area contributed by atoms with Crippen LogP contribution in [0.15, 0.2) is 57.8 Å². The number of nitrogens with zero attached hydrogens (tertiary/aromatic N) is 4. The van der Waals surface area contributed by atoms with Crippen molar-refractivity contribution in [3.63, 3.8) is 0 Å². The van der Waals surface area contributed by atoms with E-state index < -0.39 is 27.9 Å². The number of sulfonamides is 1. The number of rotatable bonds is 8. The van der Waals surface area contributed by atoms with Gasteiger partial charge in [0.1, 0.15) is 11.8 Å². The normalized spacial score (nSPS) is 18.8. The number of aromatic nitrogens is 2. The summed E-state index contributed by atoms with van der Waals surface area (Å²) in [4.78, 5) is 27.1. The highest BCUT2D eigenvalue weighted by atomic mass is 32.2. The largest absolute Gasteiger partial charge is 0.494 e. The summed E-state index contributed by atoms with van der Waals surface area (Å²) in [5, 5.41) is 4.36. The Bertz CT molecular complexity index is 1510. The molecule has 0 spiro atoms. The van der Waals surface area contributed by atoms with E-state index in [1.165, 1.54) is 21.1 Å². The van der Waals surface area contributed by atoms with Crippen LogP contribution in [0.25, 0.3) is 11.5 Å². The number of imide groups is 1. The number of carbonyl (C=O) groups is 2. The minimum atomic E-state index is -3.74. The van der Waals surface area contributed by atoms with E-state index in [1.54, 1.807) is 36.4 Å². The molecular weight excluding hydrogens is 532 g/mol. The molecule has 3 aromatic rings. The van der Waals surface area contributed by atoms with Crippen molar-refractivity contribution >= 4 is 39.7 Å². The lowest BCUT2D eigenvalue weighted by Gasteiger charge is -2.26. The molecule has 38 heavy (non-hydrogen) atoms. The van der Waals surface area contributed by atoms with Crippen molar-refractivity contribution in [3.8, 4) is 17.2 Å². The smallest absolute Gasteiger partial charge is 0.288 e. The Morgan fingerprint density at radius 3 is 2.55 bits per heavy atom. The SMILES string of the molecule is CCCOc1ccc(N2C(=O)C[C@@H](n3nc(-c4cccc(S(=O)(=O)N5CCOCC5)c4)oc3=S)C2=O)cc1. The molecule has 11 nitrogen and oxygen atoms in total. The summed E-state index contributed by atoms with van der Waals surface area (Å²) in [5.41, 5.74) is 0.795. The van der Waals surface area contributed by atoms with E-state index in [0.29, 0.717) is 36.8 Å². The van der Waals surface area contributed by atoms with E-state index in [-0.39, 0.29) is 35.1 Å². The summed E-state index contributed by atoms with van der Waals surface area (Å²) in [5.74, 6) is -0.193. The molecule has 2 fully saturated rings. The first-order valence-electron chi connectivity index (χ1n) is 12.2. The highest BCUT2D eigenvalue weighted by Crippen LogP contribution is 2.32. The van der Waals surface area contributed by atoms with E-state index in [4.69, 9.17) is 26.1 Å². The van der Waals surface area contributed by atoms with E-state index in [2.05, 4.69) is 5.10 Å². The third-order valence-corrected chi connectivity index (χ3v) is 8.41. The predicted octanol–water partition coefficient (Wildman–Crippen LogP) is 3.19. The van der Waals surface area contributed by atoms with Crippen molar-refractivity contribution < 1.29 is 31.9 Å². The highest BCUT2D eigenvalue weighted by Gasteiger charge is 2.42. The molecule has 0 radical (unpaired) electrons. The van der Waals surface area contributed by atoms with Gasteiger partial charge in [0.25, 0.3) is 10.7 Å². The average molecular weight is 559 g/mol. The molecule has 1 atom stereocenters. The number of anilines is 1. The number of carbonyl (C=O) groups excluding carboxylic acids is 2. The van der Waals surface area contributed by atoms with Gasteiger partial charge in [0.2, 0.25) is 21.8 Å². The molecule has 13 heteroatoms. The minimum Gasteiger partial charge on any atom is -0.494 e. The van der Waals surface area contributed by atoms with Gasteiger partial charge in [-0.3, -0.25) is 9.59 Å². The molecule has 2 aromatic carbocycles. The van der Waals surface area contributed by atoms with Crippen LogP contribution in [0, 0.1) is 4.84 Å². The van der Waals surface area contributed by atoms with Gasteiger partial charge < -0.3 is 13.9 Å². The van der Waals surface area contributed by atoms with Crippen LogP contribution in [0.4, 0.5) is 5.69 Å². The van der Waals surface area contributed by atoms with Gasteiger partial charge in [0.15, 0.2) is 0 Å². The third-order valence-electron chi connectivity index (χ3n) is 6.24. The van der Waals surface area contributed by atoms with Gasteiger partial charge >= 0.3 is 0 Å². The van der Waals surface area contributed by atoms with Gasteiger partial charge in [-0.15, -0.1) is 5.10 Å². The number of morpholine rings is 1. The quantitative estimate of drug-likeness (QED) is 0.303. The Hall–Kier alpha value is -3.39. The van der Waals surface area contributed by atoms with Gasteiger partial charge in [-0.2, -0.15) is 4.31 Å². The first kappa shape index (κ1) is 26.2. The third kappa shape index (κ3) is 5.01. The van der Waals surface area contributed by atoms with Gasteiger partial charge in [-0.1, -0.05) is 13.0 Å². The molecule has 1 aromatic heterocycles. The predicted molar refractivity (Wildman–Crippen MR) is 139 cm³/mol. The van der Waals surface area contributed by atoms with Crippen LogP contribution in [-0.2, 0) is 24.3 Å². The maximum absolute atomic E-state index is 13.3. The molecule has 3 heterocycles. The van der Waals surface area contributed by atoms with E-state index in [1.807, 2.05) is 6.92 Å². The lowest BCUT2D eigenvalue weighted by molar-refractivity contribution is -0.122. The molecule has 0 unspecified atom stereocenters. The number of hydrogen-bond acceptors (Lipinski definition) is 9. The van der Waals surface area contributed by atoms with Crippen LogP contribution in [0.1, 0.15) is 25.8 Å². The Morgan fingerprint density at radius 2 is 1.84 bits per heavy atom. The second-order valence-electron chi connectivity index (χ2n) is 8.79. The maximum Gasteiger partial charge on any atom is 0.288 e. The van der Waals surface area contributed by atoms with E-state index >= 15 is 0 Å². The van der Waals surface area contributed by atoms with Crippen LogP contribution in [0.3, 0.4) is 0 Å². The van der Waals surface area contributed by atoms with Gasteiger partial charge in [0.05, 0.1) is 36.8 Å². The topological polar surface area (TPSA) is 124 Å². The number of amides is 2. The van der Waals surface area contributed by atoms with Crippen molar-refractivity contribution in [1.82, 2.24) is 14.1 Å². The van der Waals surface area contributed by atoms with Crippen molar-refractivity contribution in [1.29, 1.82) is 0 Å². The second kappa shape index (κ2) is 10.8. The molecule has 5 rings (SSSR count). The highest BCUT2D eigenvalue weighted by molar-refractivity contribution is 7.89. The molecule has 0 saturated carbocycles. The molecule has 2 amide bonds. The van der Waals surface area contributed by atoms with Crippen LogP contribution >= 0.6 is 12.2 Å². The Kier molecular flexibility index (Phi) is 7.43. The van der Waals surface area contributed by atoms with E-state index in [0.717, 1.165) is 11.3 Å². The monoisotopic (exact) mass is 558 g/mol. The number of ether oxygens (including phenoxy) is 2. The zero-order chi connectivity index (χ0) is 26.9. The summed E-state index contributed by atoms with van der Waals surface area (Å²) in [6.45, 7) is 3.77. The fraction of sp³-hybridized carbons (Fsp3) is 0.360. The van der Waals surface area contributed by atoms with Crippen LogP contribution in [0.2, 0.25) is 0 Å². The Labute approximate surface area is 224 Å². The molecular formula is C25H26N4O7S2. The Morgan fingerprint density at radius 1 is 1.11 bits per heavy atom. The molecule has 2 saturated heterocycles. The molecule has 0 aliphatic carbocycles. The van der Waals surface area contributed by atoms with Gasteiger partial charge in [-0.05, 0) is 61.1 Å². The summed E-state index contributed by atoms with van der Waals surface area (Å²) in [7, 11) is -3.74. The zero-order valence-corrected chi connectivity index (χ0v) is 22.2. The fourth-order valence-electron chi connectivity index (χ4n) is 4.32. The zero-order valence-electron chi connectivity index (χ0n) is 20.6. The van der Waals surface area contributed by atoms with Crippen molar-refractivity contribution in [3.05, 3.63) is 53.4 Å². The van der Waals surface area contributed by atoms with Crippen LogP contribution in [-0.4, -0.2) is 67.2 Å². The van der Waals surface area contributed by atoms with Crippen LogP contribution in [0.5, 0.6) is 5.75 Å². The molecule has 2 aliphatic heterocycles. The van der Waals surface area contributed by atoms with Crippen molar-refractivity contribution in [2.75, 3.05) is 37.8 Å². The summed E-state index contributed by atoms with van der Waals surface area (Å²) < 4.78 is 45.2. The lowest BCUT2D eigenvalue weighted by Crippen LogP contribution is -2.40. The summed E-state index contributed by atoms with van der Waals surface area (Å²) in [6, 6.07) is 11.9. The van der Waals surface area contributed by atoms with Crippen LogP contribution < -0.4 is 9.64 Å². The molecule has 0 bridgehead atoms.